The van der Waals surface area contributed by atoms with E-state index in [1.165, 1.54) is 17.7 Å². The van der Waals surface area contributed by atoms with E-state index in [1.54, 1.807) is 12.1 Å². The lowest BCUT2D eigenvalue weighted by Gasteiger charge is -2.60. The van der Waals surface area contributed by atoms with Crippen LogP contribution in [0, 0.1) is 34.4 Å². The molecule has 6 unspecified atom stereocenters. The van der Waals surface area contributed by atoms with Gasteiger partial charge in [0.2, 0.25) is 0 Å². The van der Waals surface area contributed by atoms with Crippen LogP contribution in [-0.2, 0) is 25.5 Å². The number of fused-ring (bicyclic) bond motifs is 6. The number of carbonyl (C=O) groups is 1. The number of halogens is 1. The summed E-state index contributed by atoms with van der Waals surface area (Å²) in [5.41, 5.74) is 1.16. The van der Waals surface area contributed by atoms with Crippen LogP contribution in [0.5, 0.6) is 0 Å². The Balaban J connectivity index is 1.31. The molecule has 0 bridgehead atoms. The zero-order valence-electron chi connectivity index (χ0n) is 22.4. The third-order valence-corrected chi connectivity index (χ3v) is 11.1. The van der Waals surface area contributed by atoms with Crippen LogP contribution in [0.4, 0.5) is 4.39 Å². The predicted molar refractivity (Wildman–Crippen MR) is 142 cm³/mol. The van der Waals surface area contributed by atoms with Crippen molar-refractivity contribution in [1.29, 1.82) is 0 Å². The maximum absolute atomic E-state index is 13.5. The van der Waals surface area contributed by atoms with Crippen LogP contribution < -0.4 is 0 Å². The van der Waals surface area contributed by atoms with Gasteiger partial charge in [0.15, 0.2) is 5.78 Å². The van der Waals surface area contributed by atoms with Gasteiger partial charge in [-0.25, -0.2) is 9.07 Å². The van der Waals surface area contributed by atoms with Gasteiger partial charge in [0.25, 0.3) is 10.1 Å². The first kappa shape index (κ1) is 26.8. The minimum Gasteiger partial charge on any atom is -0.393 e. The molecule has 0 amide bonds. The van der Waals surface area contributed by atoms with Crippen molar-refractivity contribution in [2.45, 2.75) is 64.1 Å². The van der Waals surface area contributed by atoms with E-state index in [-0.39, 0.29) is 41.8 Å². The van der Waals surface area contributed by atoms with Crippen molar-refractivity contribution in [3.63, 3.8) is 0 Å². The van der Waals surface area contributed by atoms with E-state index in [9.17, 15) is 27.8 Å². The molecule has 3 saturated carbocycles. The van der Waals surface area contributed by atoms with E-state index in [0.717, 1.165) is 36.0 Å². The Kier molecular flexibility index (Phi) is 6.05. The molecule has 0 aliphatic heterocycles. The largest absolute Gasteiger partial charge is 0.393 e. The lowest BCUT2D eigenvalue weighted by molar-refractivity contribution is -0.180. The fourth-order valence-corrected chi connectivity index (χ4v) is 9.04. The number of hydrogen-bond acceptors (Lipinski definition) is 7. The van der Waals surface area contributed by atoms with Crippen LogP contribution in [0.1, 0.15) is 57.2 Å². The highest BCUT2D eigenvalue weighted by molar-refractivity contribution is 7.86. The SMILES string of the molecule is CC12Cc3cnn(-c4ccc(F)cc4)c3C=C1CCC1C2C(O)CC2(C)C1CC[C@]2(O)C(=O)COS(C)(=O)=O. The van der Waals surface area contributed by atoms with E-state index in [1.807, 2.05) is 17.8 Å². The molecule has 10 heteroatoms. The van der Waals surface area contributed by atoms with Crippen molar-refractivity contribution in [2.24, 2.45) is 28.6 Å². The molecule has 0 saturated heterocycles. The lowest BCUT2D eigenvalue weighted by atomic mass is 9.45. The molecular weight excluding hydrogens is 523 g/mol. The zero-order chi connectivity index (χ0) is 28.0. The number of benzene rings is 1. The summed E-state index contributed by atoms with van der Waals surface area (Å²) in [5, 5.41) is 28.0. The van der Waals surface area contributed by atoms with Crippen LogP contribution in [0.3, 0.4) is 0 Å². The van der Waals surface area contributed by atoms with E-state index >= 15 is 0 Å². The van der Waals surface area contributed by atoms with Gasteiger partial charge in [0.05, 0.1) is 29.9 Å². The maximum Gasteiger partial charge on any atom is 0.264 e. The summed E-state index contributed by atoms with van der Waals surface area (Å²) in [6.07, 6.45) is 7.66. The quantitative estimate of drug-likeness (QED) is 0.540. The molecule has 210 valence electrons. The number of nitrogens with zero attached hydrogens (tertiary/aromatic N) is 2. The molecule has 0 radical (unpaired) electrons. The first-order valence-electron chi connectivity index (χ1n) is 13.6. The first-order chi connectivity index (χ1) is 18.3. The van der Waals surface area contributed by atoms with Crippen LogP contribution in [0.2, 0.25) is 0 Å². The van der Waals surface area contributed by atoms with Gasteiger partial charge in [-0.15, -0.1) is 0 Å². The summed E-state index contributed by atoms with van der Waals surface area (Å²) in [6, 6.07) is 6.26. The number of rotatable bonds is 5. The predicted octanol–water partition coefficient (Wildman–Crippen LogP) is 3.44. The topological polar surface area (TPSA) is 119 Å². The van der Waals surface area contributed by atoms with Gasteiger partial charge in [-0.1, -0.05) is 19.4 Å². The Morgan fingerprint density at radius 3 is 2.64 bits per heavy atom. The van der Waals surface area contributed by atoms with Crippen molar-refractivity contribution >= 4 is 22.0 Å². The van der Waals surface area contributed by atoms with Gasteiger partial charge in [-0.05, 0) is 97.6 Å². The van der Waals surface area contributed by atoms with Crippen LogP contribution in [-0.4, -0.2) is 58.8 Å². The van der Waals surface area contributed by atoms with Crippen LogP contribution in [0.15, 0.2) is 36.0 Å². The molecule has 7 atom stereocenters. The van der Waals surface area contributed by atoms with Crippen molar-refractivity contribution in [3.8, 4) is 5.69 Å². The molecule has 6 rings (SSSR count). The Bertz CT molecular complexity index is 1470. The van der Waals surface area contributed by atoms with Gasteiger partial charge >= 0.3 is 0 Å². The molecule has 4 aliphatic carbocycles. The monoisotopic (exact) mass is 558 g/mol. The number of aromatic nitrogens is 2. The summed E-state index contributed by atoms with van der Waals surface area (Å²) in [7, 11) is -3.83. The molecule has 1 aromatic heterocycles. The molecule has 4 aliphatic rings. The summed E-state index contributed by atoms with van der Waals surface area (Å²) in [4.78, 5) is 13.1. The minimum atomic E-state index is -3.83. The van der Waals surface area contributed by atoms with Gasteiger partial charge in [0.1, 0.15) is 18.0 Å². The normalized spacial score (nSPS) is 37.3. The summed E-state index contributed by atoms with van der Waals surface area (Å²) in [5.74, 6) is -0.873. The molecule has 2 aromatic rings. The second kappa shape index (κ2) is 8.80. The third kappa shape index (κ3) is 3.97. The Hall–Kier alpha value is -2.40. The molecule has 1 aromatic carbocycles. The highest BCUT2D eigenvalue weighted by Gasteiger charge is 2.68. The van der Waals surface area contributed by atoms with E-state index < -0.39 is 39.6 Å². The number of hydrogen-bond donors (Lipinski definition) is 2. The first-order valence-corrected chi connectivity index (χ1v) is 15.4. The lowest BCUT2D eigenvalue weighted by Crippen LogP contribution is -2.62. The van der Waals surface area contributed by atoms with Crippen molar-refractivity contribution < 1.29 is 32.0 Å². The fourth-order valence-electron chi connectivity index (χ4n) is 8.72. The molecule has 0 spiro atoms. The fraction of sp³-hybridized carbons (Fsp3) is 0.586. The summed E-state index contributed by atoms with van der Waals surface area (Å²) >= 11 is 0. The molecule has 8 nitrogen and oxygen atoms in total. The van der Waals surface area contributed by atoms with Crippen LogP contribution >= 0.6 is 0 Å². The average molecular weight is 559 g/mol. The van der Waals surface area contributed by atoms with Crippen LogP contribution in [0.25, 0.3) is 11.8 Å². The van der Waals surface area contributed by atoms with Crippen molar-refractivity contribution in [3.05, 3.63) is 53.1 Å². The number of aliphatic hydroxyl groups is 2. The summed E-state index contributed by atoms with van der Waals surface area (Å²) in [6.45, 7) is 3.39. The van der Waals surface area contributed by atoms with Crippen molar-refractivity contribution in [1.82, 2.24) is 9.78 Å². The van der Waals surface area contributed by atoms with E-state index in [2.05, 4.69) is 18.1 Å². The second-order valence-electron chi connectivity index (χ2n) is 12.5. The minimum absolute atomic E-state index is 0.0137. The number of carbonyl (C=O) groups excluding carboxylic acids is 1. The highest BCUT2D eigenvalue weighted by Crippen LogP contribution is 2.67. The van der Waals surface area contributed by atoms with Gasteiger partial charge < -0.3 is 10.2 Å². The number of allylic oxidation sites excluding steroid dienone is 1. The molecular formula is C29H35FN2O6S. The van der Waals surface area contributed by atoms with E-state index in [4.69, 9.17) is 4.18 Å². The second-order valence-corrected chi connectivity index (χ2v) is 14.2. The van der Waals surface area contributed by atoms with Gasteiger partial charge in [-0.2, -0.15) is 13.5 Å². The van der Waals surface area contributed by atoms with E-state index in [0.29, 0.717) is 12.8 Å². The average Bonchev–Trinajstić information content (AvgIpc) is 3.38. The maximum atomic E-state index is 13.5. The van der Waals surface area contributed by atoms with Gasteiger partial charge in [0, 0.05) is 5.41 Å². The zero-order valence-corrected chi connectivity index (χ0v) is 23.2. The Labute approximate surface area is 228 Å². The number of aliphatic hydroxyl groups excluding tert-OH is 1. The molecule has 3 fully saturated rings. The molecule has 2 N–H and O–H groups in total. The standard InChI is InChI=1S/C29H35FN2O6S/c1-27-13-17-15-31-32(20-7-5-19(30)6-8-20)23(17)12-18(27)4-9-21-22-10-11-29(35,25(34)16-38-39(3,36)37)28(22,2)14-24(33)26(21)27/h5-8,12,15,21-22,24,26,33,35H,4,9-11,13-14,16H2,1-3H3/t21?,22?,24?,26?,27?,28?,29-/m0/s1. The van der Waals surface area contributed by atoms with Crippen molar-refractivity contribution in [2.75, 3.05) is 12.9 Å². The Morgan fingerprint density at radius 2 is 1.95 bits per heavy atom. The smallest absolute Gasteiger partial charge is 0.264 e. The van der Waals surface area contributed by atoms with Gasteiger partial charge in [-0.3, -0.25) is 8.98 Å². The highest BCUT2D eigenvalue weighted by atomic mass is 32.2. The number of ketones is 1. The molecule has 39 heavy (non-hydrogen) atoms. The Morgan fingerprint density at radius 1 is 1.23 bits per heavy atom. The molecule has 1 heterocycles. The number of Topliss-reactive ketones (excluding diaryl/α,β-unsaturated/α-hetero) is 1. The summed E-state index contributed by atoms with van der Waals surface area (Å²) < 4.78 is 43.1. The third-order valence-electron chi connectivity index (χ3n) is 10.5.